The van der Waals surface area contributed by atoms with E-state index in [1.807, 2.05) is 0 Å². The van der Waals surface area contributed by atoms with E-state index in [9.17, 15) is 29.1 Å². The molecule has 0 aliphatic rings. The standard InChI is InChI=1S/C9H8F2N4O4/c10-4-1-5(8(15(18)19)6(11)2-4)9(17)7(16)3-13-14-12/h1-2,7,9,16-17H,3H2. The highest BCUT2D eigenvalue weighted by atomic mass is 19.1. The van der Waals surface area contributed by atoms with Gasteiger partial charge in [-0.25, -0.2) is 4.39 Å². The molecule has 0 bridgehead atoms. The van der Waals surface area contributed by atoms with Gasteiger partial charge in [-0.1, -0.05) is 5.11 Å². The molecule has 8 nitrogen and oxygen atoms in total. The first-order valence-corrected chi connectivity index (χ1v) is 4.88. The summed E-state index contributed by atoms with van der Waals surface area (Å²) in [6.45, 7) is -0.604. The lowest BCUT2D eigenvalue weighted by Gasteiger charge is -2.16. The highest BCUT2D eigenvalue weighted by molar-refractivity contribution is 5.43. The third kappa shape index (κ3) is 3.35. The second-order valence-electron chi connectivity index (χ2n) is 3.51. The van der Waals surface area contributed by atoms with Crippen molar-refractivity contribution >= 4 is 5.69 Å². The Morgan fingerprint density at radius 1 is 1.47 bits per heavy atom. The number of benzene rings is 1. The zero-order valence-electron chi connectivity index (χ0n) is 9.27. The lowest BCUT2D eigenvalue weighted by atomic mass is 10.0. The summed E-state index contributed by atoms with van der Waals surface area (Å²) >= 11 is 0. The van der Waals surface area contributed by atoms with E-state index in [0.717, 1.165) is 0 Å². The highest BCUT2D eigenvalue weighted by Gasteiger charge is 2.30. The summed E-state index contributed by atoms with van der Waals surface area (Å²) in [5.41, 5.74) is 6.16. The maximum atomic E-state index is 13.3. The highest BCUT2D eigenvalue weighted by Crippen LogP contribution is 2.31. The Hall–Kier alpha value is -2.29. The monoisotopic (exact) mass is 274 g/mol. The van der Waals surface area contributed by atoms with Crippen molar-refractivity contribution in [3.05, 3.63) is 49.9 Å². The van der Waals surface area contributed by atoms with Gasteiger partial charge in [0.2, 0.25) is 5.82 Å². The number of hydrogen-bond donors (Lipinski definition) is 2. The minimum Gasteiger partial charge on any atom is -0.390 e. The summed E-state index contributed by atoms with van der Waals surface area (Å²) in [4.78, 5) is 11.8. The number of halogens is 2. The molecule has 2 atom stereocenters. The largest absolute Gasteiger partial charge is 0.390 e. The lowest BCUT2D eigenvalue weighted by molar-refractivity contribution is -0.389. The molecule has 2 N–H and O–H groups in total. The van der Waals surface area contributed by atoms with Crippen molar-refractivity contribution in [3.63, 3.8) is 0 Å². The van der Waals surface area contributed by atoms with E-state index >= 15 is 0 Å². The van der Waals surface area contributed by atoms with Gasteiger partial charge in [0.05, 0.1) is 23.1 Å². The Morgan fingerprint density at radius 3 is 2.63 bits per heavy atom. The molecule has 102 valence electrons. The van der Waals surface area contributed by atoms with E-state index < -0.39 is 46.6 Å². The predicted octanol–water partition coefficient (Wildman–Crippen LogP) is 1.58. The van der Waals surface area contributed by atoms with Crippen LogP contribution in [0, 0.1) is 21.7 Å². The number of nitro benzene ring substituents is 1. The van der Waals surface area contributed by atoms with Crippen LogP contribution in [0.15, 0.2) is 17.2 Å². The zero-order chi connectivity index (χ0) is 14.6. The molecule has 1 aromatic rings. The predicted molar refractivity (Wildman–Crippen MR) is 58.0 cm³/mol. The first-order valence-electron chi connectivity index (χ1n) is 4.88. The van der Waals surface area contributed by atoms with Crippen LogP contribution >= 0.6 is 0 Å². The van der Waals surface area contributed by atoms with Gasteiger partial charge in [0.25, 0.3) is 0 Å². The van der Waals surface area contributed by atoms with E-state index in [0.29, 0.717) is 6.07 Å². The Labute approximate surface area is 104 Å². The van der Waals surface area contributed by atoms with Gasteiger partial charge >= 0.3 is 5.69 Å². The number of azide groups is 1. The molecule has 19 heavy (non-hydrogen) atoms. The lowest BCUT2D eigenvalue weighted by Crippen LogP contribution is -2.22. The Kier molecular flexibility index (Phi) is 4.70. The van der Waals surface area contributed by atoms with Crippen LogP contribution in [-0.2, 0) is 0 Å². The van der Waals surface area contributed by atoms with Gasteiger partial charge < -0.3 is 10.2 Å². The van der Waals surface area contributed by atoms with E-state index in [1.165, 1.54) is 0 Å². The van der Waals surface area contributed by atoms with Crippen molar-refractivity contribution in [2.45, 2.75) is 12.2 Å². The second-order valence-corrected chi connectivity index (χ2v) is 3.51. The molecule has 0 heterocycles. The summed E-state index contributed by atoms with van der Waals surface area (Å²) in [5.74, 6) is -2.62. The summed E-state index contributed by atoms with van der Waals surface area (Å²) in [7, 11) is 0. The van der Waals surface area contributed by atoms with Crippen molar-refractivity contribution < 1.29 is 23.9 Å². The van der Waals surface area contributed by atoms with Crippen molar-refractivity contribution in [1.29, 1.82) is 0 Å². The maximum absolute atomic E-state index is 13.3. The molecule has 0 amide bonds. The molecule has 0 aromatic heterocycles. The van der Waals surface area contributed by atoms with Crippen LogP contribution in [0.4, 0.5) is 14.5 Å². The number of hydrogen-bond acceptors (Lipinski definition) is 5. The van der Waals surface area contributed by atoms with E-state index in [-0.39, 0.29) is 6.07 Å². The number of aliphatic hydroxyl groups is 2. The molecule has 0 saturated carbocycles. The van der Waals surface area contributed by atoms with Crippen molar-refractivity contribution in [2.24, 2.45) is 5.11 Å². The molecule has 10 heteroatoms. The number of nitro groups is 1. The average Bonchev–Trinajstić information content (AvgIpc) is 2.33. The quantitative estimate of drug-likeness (QED) is 0.277. The van der Waals surface area contributed by atoms with E-state index in [1.54, 1.807) is 0 Å². The van der Waals surface area contributed by atoms with Gasteiger partial charge in [0, 0.05) is 11.0 Å². The van der Waals surface area contributed by atoms with Crippen LogP contribution < -0.4 is 0 Å². The van der Waals surface area contributed by atoms with Gasteiger partial charge in [0.1, 0.15) is 11.9 Å². The second kappa shape index (κ2) is 6.05. The Bertz CT molecular complexity index is 547. The van der Waals surface area contributed by atoms with Crippen LogP contribution in [0.3, 0.4) is 0 Å². The summed E-state index contributed by atoms with van der Waals surface area (Å²) < 4.78 is 26.3. The van der Waals surface area contributed by atoms with Gasteiger partial charge in [-0.2, -0.15) is 4.39 Å². The van der Waals surface area contributed by atoms with Gasteiger partial charge in [0.15, 0.2) is 0 Å². The smallest absolute Gasteiger partial charge is 0.310 e. The minimum absolute atomic E-state index is 0.286. The minimum atomic E-state index is -1.96. The first-order chi connectivity index (χ1) is 8.88. The van der Waals surface area contributed by atoms with Gasteiger partial charge in [-0.3, -0.25) is 10.1 Å². The normalized spacial score (nSPS) is 13.5. The van der Waals surface area contributed by atoms with Crippen LogP contribution in [-0.4, -0.2) is 27.8 Å². The molecule has 0 spiro atoms. The molecule has 0 saturated heterocycles. The van der Waals surface area contributed by atoms with Gasteiger partial charge in [-0.05, 0) is 11.6 Å². The summed E-state index contributed by atoms with van der Waals surface area (Å²) in [5, 5.41) is 32.6. The third-order valence-corrected chi connectivity index (χ3v) is 2.26. The maximum Gasteiger partial charge on any atom is 0.310 e. The molecule has 0 aliphatic carbocycles. The van der Waals surface area contributed by atoms with Crippen molar-refractivity contribution in [3.8, 4) is 0 Å². The zero-order valence-corrected chi connectivity index (χ0v) is 9.27. The number of nitrogens with zero attached hydrogens (tertiary/aromatic N) is 4. The van der Waals surface area contributed by atoms with E-state index in [4.69, 9.17) is 5.53 Å². The van der Waals surface area contributed by atoms with Crippen molar-refractivity contribution in [2.75, 3.05) is 6.54 Å². The first kappa shape index (κ1) is 14.8. The summed E-state index contributed by atoms with van der Waals surface area (Å²) in [6.07, 6.45) is -3.69. The molecule has 2 unspecified atom stereocenters. The SMILES string of the molecule is [N-]=[N+]=NCC(O)C(O)c1cc(F)cc(F)c1[N+](=O)[O-]. The fraction of sp³-hybridized carbons (Fsp3) is 0.333. The van der Waals surface area contributed by atoms with Crippen molar-refractivity contribution in [1.82, 2.24) is 0 Å². The topological polar surface area (TPSA) is 132 Å². The molecule has 1 rings (SSSR count). The molecule has 0 aliphatic heterocycles. The Morgan fingerprint density at radius 2 is 2.11 bits per heavy atom. The molecule has 0 fully saturated rings. The fourth-order valence-corrected chi connectivity index (χ4v) is 1.43. The van der Waals surface area contributed by atoms with Crippen LogP contribution in [0.2, 0.25) is 0 Å². The molecular weight excluding hydrogens is 266 g/mol. The molecule has 1 aromatic carbocycles. The van der Waals surface area contributed by atoms with Crippen LogP contribution in [0.5, 0.6) is 0 Å². The number of rotatable bonds is 5. The third-order valence-electron chi connectivity index (χ3n) is 2.26. The average molecular weight is 274 g/mol. The van der Waals surface area contributed by atoms with Crippen LogP contribution in [0.25, 0.3) is 10.4 Å². The van der Waals surface area contributed by atoms with E-state index in [2.05, 4.69) is 10.0 Å². The van der Waals surface area contributed by atoms with Gasteiger partial charge in [-0.15, -0.1) is 0 Å². The molecule has 0 radical (unpaired) electrons. The van der Waals surface area contributed by atoms with Crippen LogP contribution in [0.1, 0.15) is 11.7 Å². The molecular formula is C9H8F2N4O4. The summed E-state index contributed by atoms with van der Waals surface area (Å²) in [6, 6.07) is 0.819. The fourth-order valence-electron chi connectivity index (χ4n) is 1.43. The number of aliphatic hydroxyl groups excluding tert-OH is 2. The Balaban J connectivity index is 3.24.